The molecule has 1 unspecified atom stereocenters. The normalized spacial score (nSPS) is 12.9. The average molecular weight is 286 g/mol. The Morgan fingerprint density at radius 1 is 1.20 bits per heavy atom. The number of rotatable bonds is 4. The van der Waals surface area contributed by atoms with Crippen molar-refractivity contribution in [3.05, 3.63) is 35.5 Å². The molecule has 4 nitrogen and oxygen atoms in total. The molecule has 20 heavy (non-hydrogen) atoms. The van der Waals surface area contributed by atoms with Crippen molar-refractivity contribution in [3.8, 4) is 11.4 Å². The van der Waals surface area contributed by atoms with Crippen LogP contribution >= 0.6 is 0 Å². The Bertz CT molecular complexity index is 590. The Morgan fingerprint density at radius 2 is 1.80 bits per heavy atom. The average Bonchev–Trinajstić information content (AvgIpc) is 2.83. The van der Waals surface area contributed by atoms with Crippen molar-refractivity contribution in [3.63, 3.8) is 0 Å². The van der Waals surface area contributed by atoms with E-state index in [-0.39, 0.29) is 29.6 Å². The van der Waals surface area contributed by atoms with E-state index >= 15 is 0 Å². The summed E-state index contributed by atoms with van der Waals surface area (Å²) in [4.78, 5) is 3.92. The second-order valence-corrected chi connectivity index (χ2v) is 4.78. The Morgan fingerprint density at radius 3 is 2.35 bits per heavy atom. The van der Waals surface area contributed by atoms with Gasteiger partial charge in [0.05, 0.1) is 12.5 Å². The Kier molecular flexibility index (Phi) is 4.08. The van der Waals surface area contributed by atoms with Gasteiger partial charge in [0.15, 0.2) is 17.5 Å². The number of hydrogen-bond donors (Lipinski definition) is 1. The third kappa shape index (κ3) is 2.98. The van der Waals surface area contributed by atoms with Gasteiger partial charge in [0.1, 0.15) is 0 Å². The molecule has 1 N–H and O–H groups in total. The molecule has 1 heterocycles. The third-order valence-electron chi connectivity index (χ3n) is 2.86. The van der Waals surface area contributed by atoms with Crippen molar-refractivity contribution >= 4 is 0 Å². The number of nitrogens with zero attached hydrogens (tertiary/aromatic N) is 2. The summed E-state index contributed by atoms with van der Waals surface area (Å²) in [5, 5.41) is 13.2. The Labute approximate surface area is 113 Å². The highest BCUT2D eigenvalue weighted by atomic mass is 19.2. The topological polar surface area (TPSA) is 59.2 Å². The lowest BCUT2D eigenvalue weighted by atomic mass is 10.0. The molecule has 0 amide bonds. The van der Waals surface area contributed by atoms with Crippen molar-refractivity contribution in [2.75, 3.05) is 0 Å². The fourth-order valence-corrected chi connectivity index (χ4v) is 1.55. The van der Waals surface area contributed by atoms with Crippen LogP contribution in [-0.2, 0) is 6.42 Å². The molecule has 108 valence electrons. The molecular formula is C13H13F3N2O2. The molecular weight excluding hydrogens is 273 g/mol. The highest BCUT2D eigenvalue weighted by Gasteiger charge is 2.18. The summed E-state index contributed by atoms with van der Waals surface area (Å²) in [5.74, 6) is -4.11. The highest BCUT2D eigenvalue weighted by Crippen LogP contribution is 2.22. The standard InChI is InChI=1S/C13H13F3N2O2/c1-6(2)10(19)5-11-17-13(18-20-11)7-3-8(14)12(16)9(15)4-7/h3-4,6,10,19H,5H2,1-2H3. The molecule has 2 aromatic rings. The van der Waals surface area contributed by atoms with Gasteiger partial charge in [0.2, 0.25) is 11.7 Å². The van der Waals surface area contributed by atoms with Gasteiger partial charge in [-0.05, 0) is 18.1 Å². The molecule has 0 aliphatic carbocycles. The number of aliphatic hydroxyl groups is 1. The number of hydrogen-bond acceptors (Lipinski definition) is 4. The van der Waals surface area contributed by atoms with Gasteiger partial charge < -0.3 is 9.63 Å². The SMILES string of the molecule is CC(C)C(O)Cc1nc(-c2cc(F)c(F)c(F)c2)no1. The van der Waals surface area contributed by atoms with E-state index in [0.29, 0.717) is 0 Å². The van der Waals surface area contributed by atoms with Crippen LogP contribution in [-0.4, -0.2) is 21.4 Å². The molecule has 0 aliphatic heterocycles. The van der Waals surface area contributed by atoms with E-state index in [4.69, 9.17) is 4.52 Å². The van der Waals surface area contributed by atoms with E-state index in [1.807, 2.05) is 13.8 Å². The highest BCUT2D eigenvalue weighted by molar-refractivity contribution is 5.54. The van der Waals surface area contributed by atoms with Crippen molar-refractivity contribution in [1.82, 2.24) is 10.1 Å². The van der Waals surface area contributed by atoms with Gasteiger partial charge in [0.25, 0.3) is 0 Å². The molecule has 0 aliphatic rings. The lowest BCUT2D eigenvalue weighted by Gasteiger charge is -2.10. The first-order chi connectivity index (χ1) is 9.38. The fraction of sp³-hybridized carbons (Fsp3) is 0.385. The first-order valence-corrected chi connectivity index (χ1v) is 6.04. The van der Waals surface area contributed by atoms with E-state index < -0.39 is 23.6 Å². The largest absolute Gasteiger partial charge is 0.392 e. The van der Waals surface area contributed by atoms with Gasteiger partial charge in [-0.1, -0.05) is 19.0 Å². The lowest BCUT2D eigenvalue weighted by molar-refractivity contribution is 0.116. The molecule has 0 bridgehead atoms. The molecule has 1 atom stereocenters. The number of benzene rings is 1. The molecule has 7 heteroatoms. The van der Waals surface area contributed by atoms with Gasteiger partial charge in [-0.15, -0.1) is 0 Å². The molecule has 0 fully saturated rings. The summed E-state index contributed by atoms with van der Waals surface area (Å²) in [6, 6.07) is 1.57. The first-order valence-electron chi connectivity index (χ1n) is 6.04. The van der Waals surface area contributed by atoms with Crippen LogP contribution in [0.4, 0.5) is 13.2 Å². The monoisotopic (exact) mass is 286 g/mol. The lowest BCUT2D eigenvalue weighted by Crippen LogP contribution is -2.17. The number of aliphatic hydroxyl groups excluding tert-OH is 1. The maximum Gasteiger partial charge on any atom is 0.229 e. The zero-order valence-corrected chi connectivity index (χ0v) is 10.9. The molecule has 1 aromatic heterocycles. The van der Waals surface area contributed by atoms with Crippen LogP contribution in [0.25, 0.3) is 11.4 Å². The predicted molar refractivity (Wildman–Crippen MR) is 64.2 cm³/mol. The molecule has 0 saturated carbocycles. The van der Waals surface area contributed by atoms with E-state index in [1.165, 1.54) is 0 Å². The summed E-state index contributed by atoms with van der Waals surface area (Å²) >= 11 is 0. The minimum atomic E-state index is -1.55. The Hall–Kier alpha value is -1.89. The van der Waals surface area contributed by atoms with E-state index in [2.05, 4.69) is 10.1 Å². The molecule has 0 spiro atoms. The number of aromatic nitrogens is 2. The van der Waals surface area contributed by atoms with Crippen LogP contribution in [0, 0.1) is 23.4 Å². The van der Waals surface area contributed by atoms with E-state index in [1.54, 1.807) is 0 Å². The summed E-state index contributed by atoms with van der Waals surface area (Å²) in [7, 11) is 0. The van der Waals surface area contributed by atoms with Gasteiger partial charge in [-0.3, -0.25) is 0 Å². The summed E-state index contributed by atoms with van der Waals surface area (Å²) in [5.41, 5.74) is -0.0320. The van der Waals surface area contributed by atoms with Gasteiger partial charge >= 0.3 is 0 Å². The van der Waals surface area contributed by atoms with E-state index in [9.17, 15) is 18.3 Å². The van der Waals surface area contributed by atoms with Crippen LogP contribution in [0.5, 0.6) is 0 Å². The van der Waals surface area contributed by atoms with Crippen molar-refractivity contribution in [2.24, 2.45) is 5.92 Å². The van der Waals surface area contributed by atoms with Crippen molar-refractivity contribution < 1.29 is 22.8 Å². The maximum atomic E-state index is 13.1. The number of halogens is 3. The first kappa shape index (κ1) is 14.5. The third-order valence-corrected chi connectivity index (χ3v) is 2.86. The predicted octanol–water partition coefficient (Wildman–Crippen LogP) is 2.71. The van der Waals surface area contributed by atoms with Gasteiger partial charge in [-0.25, -0.2) is 13.2 Å². The smallest absolute Gasteiger partial charge is 0.229 e. The summed E-state index contributed by atoms with van der Waals surface area (Å²) in [6.45, 7) is 3.65. The quantitative estimate of drug-likeness (QED) is 0.878. The fourth-order valence-electron chi connectivity index (χ4n) is 1.55. The summed E-state index contributed by atoms with van der Waals surface area (Å²) < 4.78 is 43.9. The van der Waals surface area contributed by atoms with Crippen LogP contribution in [0.3, 0.4) is 0 Å². The molecule has 1 aromatic carbocycles. The van der Waals surface area contributed by atoms with Crippen LogP contribution < -0.4 is 0 Å². The molecule has 0 radical (unpaired) electrons. The van der Waals surface area contributed by atoms with Crippen molar-refractivity contribution in [1.29, 1.82) is 0 Å². The van der Waals surface area contributed by atoms with Gasteiger partial charge in [0, 0.05) is 5.56 Å². The van der Waals surface area contributed by atoms with E-state index in [0.717, 1.165) is 12.1 Å². The second-order valence-electron chi connectivity index (χ2n) is 4.78. The molecule has 0 saturated heterocycles. The molecule has 2 rings (SSSR count). The van der Waals surface area contributed by atoms with Crippen molar-refractivity contribution in [2.45, 2.75) is 26.4 Å². The van der Waals surface area contributed by atoms with Crippen LogP contribution in [0.1, 0.15) is 19.7 Å². The van der Waals surface area contributed by atoms with Crippen LogP contribution in [0.2, 0.25) is 0 Å². The zero-order chi connectivity index (χ0) is 14.9. The maximum absolute atomic E-state index is 13.1. The van der Waals surface area contributed by atoms with Gasteiger partial charge in [-0.2, -0.15) is 4.98 Å². The zero-order valence-electron chi connectivity index (χ0n) is 10.9. The second kappa shape index (κ2) is 5.62. The Balaban J connectivity index is 2.25. The van der Waals surface area contributed by atoms with Crippen LogP contribution in [0.15, 0.2) is 16.7 Å². The summed E-state index contributed by atoms with van der Waals surface area (Å²) in [6.07, 6.45) is -0.526. The minimum Gasteiger partial charge on any atom is -0.392 e. The minimum absolute atomic E-state index is 0.00561.